The van der Waals surface area contributed by atoms with Crippen LogP contribution < -0.4 is 5.32 Å². The Balaban J connectivity index is 2.31. The summed E-state index contributed by atoms with van der Waals surface area (Å²) in [5, 5.41) is 6.75. The van der Waals surface area contributed by atoms with Gasteiger partial charge in [-0.3, -0.25) is 9.59 Å². The lowest BCUT2D eigenvalue weighted by Crippen LogP contribution is -2.68. The van der Waals surface area contributed by atoms with Crippen molar-refractivity contribution in [2.24, 2.45) is 0 Å². The fourth-order valence-electron chi connectivity index (χ4n) is 2.18. The van der Waals surface area contributed by atoms with Gasteiger partial charge in [-0.1, -0.05) is 6.92 Å². The van der Waals surface area contributed by atoms with Crippen LogP contribution in [0.4, 0.5) is 0 Å². The van der Waals surface area contributed by atoms with Gasteiger partial charge in [0.2, 0.25) is 11.8 Å². The monoisotopic (exact) mass is 266 g/mol. The molecule has 2 rings (SSSR count). The van der Waals surface area contributed by atoms with Crippen LogP contribution in [0.1, 0.15) is 32.8 Å². The SMILES string of the molecule is CCC1(C)C(=O)NC(C)C(=O)N1Cc1ccsc1. The maximum absolute atomic E-state index is 12.3. The highest BCUT2D eigenvalue weighted by Crippen LogP contribution is 2.27. The number of nitrogens with zero attached hydrogens (tertiary/aromatic N) is 1. The first-order valence-electron chi connectivity index (χ1n) is 6.12. The molecular weight excluding hydrogens is 248 g/mol. The summed E-state index contributed by atoms with van der Waals surface area (Å²) in [6, 6.07) is 1.56. The molecule has 1 aromatic heterocycles. The number of amides is 2. The van der Waals surface area contributed by atoms with Gasteiger partial charge < -0.3 is 10.2 Å². The summed E-state index contributed by atoms with van der Waals surface area (Å²) >= 11 is 1.60. The molecule has 1 aliphatic heterocycles. The Hall–Kier alpha value is -1.36. The molecule has 2 amide bonds. The Morgan fingerprint density at radius 1 is 1.50 bits per heavy atom. The van der Waals surface area contributed by atoms with Gasteiger partial charge in [-0.25, -0.2) is 0 Å². The van der Waals surface area contributed by atoms with Crippen molar-refractivity contribution in [1.29, 1.82) is 0 Å². The number of thiophene rings is 1. The molecule has 0 aromatic carbocycles. The van der Waals surface area contributed by atoms with Crippen LogP contribution in [0.5, 0.6) is 0 Å². The largest absolute Gasteiger partial charge is 0.343 e. The third-order valence-corrected chi connectivity index (χ3v) is 4.41. The molecule has 98 valence electrons. The zero-order chi connectivity index (χ0) is 13.3. The van der Waals surface area contributed by atoms with Gasteiger partial charge >= 0.3 is 0 Å². The maximum Gasteiger partial charge on any atom is 0.246 e. The van der Waals surface area contributed by atoms with E-state index in [0.717, 1.165) is 5.56 Å². The molecule has 0 spiro atoms. The van der Waals surface area contributed by atoms with Crippen LogP contribution in [-0.2, 0) is 16.1 Å². The van der Waals surface area contributed by atoms with Crippen molar-refractivity contribution in [2.45, 2.75) is 45.3 Å². The van der Waals surface area contributed by atoms with E-state index in [9.17, 15) is 9.59 Å². The van der Waals surface area contributed by atoms with Crippen LogP contribution in [0.3, 0.4) is 0 Å². The fraction of sp³-hybridized carbons (Fsp3) is 0.538. The van der Waals surface area contributed by atoms with E-state index in [-0.39, 0.29) is 11.8 Å². The summed E-state index contributed by atoms with van der Waals surface area (Å²) in [5.74, 6) is -0.0718. The first-order chi connectivity index (χ1) is 8.49. The molecule has 1 aromatic rings. The van der Waals surface area contributed by atoms with Crippen molar-refractivity contribution in [2.75, 3.05) is 0 Å². The normalized spacial score (nSPS) is 28.4. The van der Waals surface area contributed by atoms with E-state index in [4.69, 9.17) is 0 Å². The van der Waals surface area contributed by atoms with Gasteiger partial charge in [0.15, 0.2) is 0 Å². The minimum absolute atomic E-state index is 0.00912. The van der Waals surface area contributed by atoms with Crippen LogP contribution in [0.25, 0.3) is 0 Å². The molecule has 0 saturated carbocycles. The molecule has 2 atom stereocenters. The van der Waals surface area contributed by atoms with Crippen LogP contribution in [-0.4, -0.2) is 28.3 Å². The van der Waals surface area contributed by atoms with Gasteiger partial charge in [-0.15, -0.1) is 0 Å². The van der Waals surface area contributed by atoms with Crippen molar-refractivity contribution in [3.05, 3.63) is 22.4 Å². The highest BCUT2D eigenvalue weighted by atomic mass is 32.1. The molecule has 1 saturated heterocycles. The number of nitrogens with one attached hydrogen (secondary N) is 1. The van der Waals surface area contributed by atoms with Crippen molar-refractivity contribution < 1.29 is 9.59 Å². The molecule has 1 N–H and O–H groups in total. The Morgan fingerprint density at radius 3 is 2.78 bits per heavy atom. The minimum Gasteiger partial charge on any atom is -0.343 e. The number of carbonyl (C=O) groups is 2. The number of rotatable bonds is 3. The lowest BCUT2D eigenvalue weighted by Gasteiger charge is -2.45. The Morgan fingerprint density at radius 2 is 2.22 bits per heavy atom. The summed E-state index contributed by atoms with van der Waals surface area (Å²) in [5.41, 5.74) is 0.334. The van der Waals surface area contributed by atoms with Crippen molar-refractivity contribution in [3.8, 4) is 0 Å². The number of carbonyl (C=O) groups excluding carboxylic acids is 2. The summed E-state index contributed by atoms with van der Waals surface area (Å²) in [4.78, 5) is 26.1. The predicted octanol–water partition coefficient (Wildman–Crippen LogP) is 1.76. The average molecular weight is 266 g/mol. The molecule has 5 heteroatoms. The van der Waals surface area contributed by atoms with Crippen LogP contribution in [0.15, 0.2) is 16.8 Å². The Labute approximate surface area is 111 Å². The molecule has 0 radical (unpaired) electrons. The summed E-state index contributed by atoms with van der Waals surface area (Å²) in [6.45, 7) is 6.00. The summed E-state index contributed by atoms with van der Waals surface area (Å²) in [6.07, 6.45) is 0.613. The van der Waals surface area contributed by atoms with E-state index in [0.29, 0.717) is 13.0 Å². The van der Waals surface area contributed by atoms with E-state index in [1.807, 2.05) is 30.7 Å². The van der Waals surface area contributed by atoms with E-state index < -0.39 is 11.6 Å². The molecule has 1 fully saturated rings. The number of piperazine rings is 1. The van der Waals surface area contributed by atoms with Crippen LogP contribution >= 0.6 is 11.3 Å². The maximum atomic E-state index is 12.3. The van der Waals surface area contributed by atoms with Crippen LogP contribution in [0.2, 0.25) is 0 Å². The molecular formula is C13H18N2O2S. The topological polar surface area (TPSA) is 49.4 Å². The molecule has 0 bridgehead atoms. The predicted molar refractivity (Wildman–Crippen MR) is 71.2 cm³/mol. The van der Waals surface area contributed by atoms with Gasteiger partial charge in [0.25, 0.3) is 0 Å². The van der Waals surface area contributed by atoms with Gasteiger partial charge in [-0.05, 0) is 42.7 Å². The van der Waals surface area contributed by atoms with E-state index >= 15 is 0 Å². The van der Waals surface area contributed by atoms with Crippen molar-refractivity contribution in [1.82, 2.24) is 10.2 Å². The lowest BCUT2D eigenvalue weighted by molar-refractivity contribution is -0.157. The summed E-state index contributed by atoms with van der Waals surface area (Å²) in [7, 11) is 0. The van der Waals surface area contributed by atoms with Crippen molar-refractivity contribution in [3.63, 3.8) is 0 Å². The molecule has 4 nitrogen and oxygen atoms in total. The summed E-state index contributed by atoms with van der Waals surface area (Å²) < 4.78 is 0. The van der Waals surface area contributed by atoms with E-state index in [1.54, 1.807) is 23.2 Å². The van der Waals surface area contributed by atoms with E-state index in [1.165, 1.54) is 0 Å². The highest BCUT2D eigenvalue weighted by Gasteiger charge is 2.46. The third-order valence-electron chi connectivity index (χ3n) is 3.68. The molecule has 2 unspecified atom stereocenters. The Kier molecular flexibility index (Phi) is 3.43. The first-order valence-corrected chi connectivity index (χ1v) is 7.07. The molecule has 1 aliphatic rings. The fourth-order valence-corrected chi connectivity index (χ4v) is 2.84. The highest BCUT2D eigenvalue weighted by molar-refractivity contribution is 7.07. The second-order valence-corrected chi connectivity index (χ2v) is 5.66. The molecule has 2 heterocycles. The lowest BCUT2D eigenvalue weighted by atomic mass is 9.90. The third kappa shape index (κ3) is 2.03. The molecule has 0 aliphatic carbocycles. The smallest absolute Gasteiger partial charge is 0.246 e. The second-order valence-electron chi connectivity index (χ2n) is 4.88. The van der Waals surface area contributed by atoms with Crippen LogP contribution in [0, 0.1) is 0 Å². The van der Waals surface area contributed by atoms with Gasteiger partial charge in [0.05, 0.1) is 0 Å². The van der Waals surface area contributed by atoms with Gasteiger partial charge in [-0.2, -0.15) is 11.3 Å². The first kappa shape index (κ1) is 13.1. The average Bonchev–Trinajstić information content (AvgIpc) is 2.85. The van der Waals surface area contributed by atoms with Crippen molar-refractivity contribution >= 4 is 23.2 Å². The second kappa shape index (κ2) is 4.72. The van der Waals surface area contributed by atoms with E-state index in [2.05, 4.69) is 5.32 Å². The molecule has 18 heavy (non-hydrogen) atoms. The number of hydrogen-bond donors (Lipinski definition) is 1. The zero-order valence-electron chi connectivity index (χ0n) is 10.9. The minimum atomic E-state index is -0.745. The number of hydrogen-bond acceptors (Lipinski definition) is 3. The zero-order valence-corrected chi connectivity index (χ0v) is 11.7. The Bertz CT molecular complexity index is 458. The van der Waals surface area contributed by atoms with Gasteiger partial charge in [0, 0.05) is 6.54 Å². The quantitative estimate of drug-likeness (QED) is 0.906. The van der Waals surface area contributed by atoms with Gasteiger partial charge in [0.1, 0.15) is 11.6 Å². The standard InChI is InChI=1S/C13H18N2O2S/c1-4-13(3)12(17)14-9(2)11(16)15(13)7-10-5-6-18-8-10/h5-6,8-9H,4,7H2,1-3H3,(H,14,17).